The summed E-state index contributed by atoms with van der Waals surface area (Å²) in [6.45, 7) is 3.53. The lowest BCUT2D eigenvalue weighted by Gasteiger charge is -2.12. The van der Waals surface area contributed by atoms with E-state index in [9.17, 15) is 8.78 Å². The average molecular weight is 309 g/mol. The first-order valence-corrected chi connectivity index (χ1v) is 5.15. The van der Waals surface area contributed by atoms with Crippen molar-refractivity contribution in [1.29, 1.82) is 0 Å². The summed E-state index contributed by atoms with van der Waals surface area (Å²) in [6.07, 6.45) is 2.13. The van der Waals surface area contributed by atoms with Gasteiger partial charge in [0, 0.05) is 12.1 Å². The summed E-state index contributed by atoms with van der Waals surface area (Å²) in [5.41, 5.74) is 6.22. The van der Waals surface area contributed by atoms with Crippen LogP contribution in [-0.4, -0.2) is 0 Å². The lowest BCUT2D eigenvalue weighted by atomic mass is 10.0. The molecule has 1 aromatic carbocycles. The second-order valence-electron chi connectivity index (χ2n) is 2.92. The van der Waals surface area contributed by atoms with E-state index < -0.39 is 17.7 Å². The fourth-order valence-electron chi connectivity index (χ4n) is 1.15. The van der Waals surface area contributed by atoms with Crippen molar-refractivity contribution >= 4 is 22.6 Å². The van der Waals surface area contributed by atoms with Gasteiger partial charge in [0.2, 0.25) is 0 Å². The maximum atomic E-state index is 13.1. The third-order valence-corrected chi connectivity index (χ3v) is 2.98. The highest BCUT2D eigenvalue weighted by molar-refractivity contribution is 14.1. The van der Waals surface area contributed by atoms with Crippen molar-refractivity contribution in [2.75, 3.05) is 0 Å². The zero-order chi connectivity index (χ0) is 10.7. The third-order valence-electron chi connectivity index (χ3n) is 1.84. The number of rotatable bonds is 3. The van der Waals surface area contributed by atoms with Crippen molar-refractivity contribution in [3.8, 4) is 0 Å². The van der Waals surface area contributed by atoms with Gasteiger partial charge in [-0.1, -0.05) is 6.08 Å². The van der Waals surface area contributed by atoms with Gasteiger partial charge >= 0.3 is 0 Å². The van der Waals surface area contributed by atoms with Crippen molar-refractivity contribution in [1.82, 2.24) is 0 Å². The molecule has 0 aromatic heterocycles. The molecule has 0 fully saturated rings. The van der Waals surface area contributed by atoms with Crippen molar-refractivity contribution in [2.45, 2.75) is 12.5 Å². The van der Waals surface area contributed by atoms with E-state index in [0.29, 0.717) is 15.6 Å². The summed E-state index contributed by atoms with van der Waals surface area (Å²) in [5, 5.41) is 0. The molecule has 0 aliphatic carbocycles. The van der Waals surface area contributed by atoms with Gasteiger partial charge in [0.25, 0.3) is 0 Å². The first kappa shape index (κ1) is 11.6. The van der Waals surface area contributed by atoms with Gasteiger partial charge in [-0.25, -0.2) is 8.78 Å². The second-order valence-corrected chi connectivity index (χ2v) is 4.00. The van der Waals surface area contributed by atoms with E-state index in [4.69, 9.17) is 5.73 Å². The Morgan fingerprint density at radius 3 is 2.71 bits per heavy atom. The molecule has 0 heterocycles. The molecule has 0 amide bonds. The molecule has 0 spiro atoms. The average Bonchev–Trinajstić information content (AvgIpc) is 2.11. The molecule has 1 rings (SSSR count). The predicted molar refractivity (Wildman–Crippen MR) is 60.8 cm³/mol. The molecule has 4 heteroatoms. The maximum Gasteiger partial charge on any atom is 0.139 e. The predicted octanol–water partition coefficient (Wildman–Crippen LogP) is 3.15. The maximum absolute atomic E-state index is 13.1. The van der Waals surface area contributed by atoms with Crippen LogP contribution in [0.25, 0.3) is 0 Å². The van der Waals surface area contributed by atoms with Crippen LogP contribution in [0.3, 0.4) is 0 Å². The van der Waals surface area contributed by atoms with Crippen LogP contribution in [0.1, 0.15) is 18.0 Å². The van der Waals surface area contributed by atoms with Crippen LogP contribution in [0.5, 0.6) is 0 Å². The van der Waals surface area contributed by atoms with Gasteiger partial charge in [-0.2, -0.15) is 0 Å². The molecule has 76 valence electrons. The van der Waals surface area contributed by atoms with Crippen molar-refractivity contribution < 1.29 is 8.78 Å². The van der Waals surface area contributed by atoms with E-state index >= 15 is 0 Å². The molecule has 0 saturated heterocycles. The Balaban J connectivity index is 3.12. The Kier molecular flexibility index (Phi) is 4.00. The minimum atomic E-state index is -0.600. The van der Waals surface area contributed by atoms with Crippen LogP contribution < -0.4 is 5.73 Å². The summed E-state index contributed by atoms with van der Waals surface area (Å²) in [5.74, 6) is -1.17. The molecule has 0 bridgehead atoms. The Hall–Kier alpha value is -0.490. The number of hydrogen-bond donors (Lipinski definition) is 1. The largest absolute Gasteiger partial charge is 0.324 e. The van der Waals surface area contributed by atoms with E-state index in [-0.39, 0.29) is 0 Å². The van der Waals surface area contributed by atoms with Gasteiger partial charge in [-0.05, 0) is 40.6 Å². The van der Waals surface area contributed by atoms with Crippen molar-refractivity contribution in [3.63, 3.8) is 0 Å². The molecule has 1 aromatic rings. The molecule has 1 atom stereocenters. The minimum absolute atomic E-state index is 0.373. The van der Waals surface area contributed by atoms with E-state index in [1.807, 2.05) is 22.6 Å². The van der Waals surface area contributed by atoms with Crippen molar-refractivity contribution in [2.24, 2.45) is 5.73 Å². The van der Waals surface area contributed by atoms with E-state index in [1.165, 1.54) is 6.07 Å². The van der Waals surface area contributed by atoms with E-state index in [1.54, 1.807) is 6.08 Å². The summed E-state index contributed by atoms with van der Waals surface area (Å²) in [4.78, 5) is 0. The van der Waals surface area contributed by atoms with E-state index in [2.05, 4.69) is 6.58 Å². The van der Waals surface area contributed by atoms with Gasteiger partial charge in [-0.3, -0.25) is 0 Å². The van der Waals surface area contributed by atoms with E-state index in [0.717, 1.165) is 6.07 Å². The van der Waals surface area contributed by atoms with Crippen LogP contribution in [0.2, 0.25) is 0 Å². The SMILES string of the molecule is C=CCC(N)c1cc(F)cc(F)c1I. The topological polar surface area (TPSA) is 26.0 Å². The Morgan fingerprint density at radius 1 is 1.50 bits per heavy atom. The smallest absolute Gasteiger partial charge is 0.139 e. The molecule has 1 nitrogen and oxygen atoms in total. The molecular weight excluding hydrogens is 299 g/mol. The quantitative estimate of drug-likeness (QED) is 0.518. The van der Waals surface area contributed by atoms with Crippen LogP contribution in [0.4, 0.5) is 8.78 Å². The Morgan fingerprint density at radius 2 is 2.14 bits per heavy atom. The standard InChI is InChI=1S/C10H10F2IN/c1-2-3-9(14)7-4-6(11)5-8(12)10(7)13/h2,4-5,9H,1,3,14H2. The minimum Gasteiger partial charge on any atom is -0.324 e. The molecule has 14 heavy (non-hydrogen) atoms. The van der Waals surface area contributed by atoms with Crippen LogP contribution in [-0.2, 0) is 0 Å². The summed E-state index contributed by atoms with van der Waals surface area (Å²) in [6, 6.07) is 1.72. The first-order valence-electron chi connectivity index (χ1n) is 4.07. The second kappa shape index (κ2) is 4.84. The van der Waals surface area contributed by atoms with Gasteiger partial charge in [0.1, 0.15) is 11.6 Å². The van der Waals surface area contributed by atoms with Gasteiger partial charge in [0.15, 0.2) is 0 Å². The molecule has 2 N–H and O–H groups in total. The van der Waals surface area contributed by atoms with Crippen molar-refractivity contribution in [3.05, 3.63) is 45.6 Å². The monoisotopic (exact) mass is 309 g/mol. The molecule has 0 aliphatic rings. The van der Waals surface area contributed by atoms with Crippen LogP contribution >= 0.6 is 22.6 Å². The van der Waals surface area contributed by atoms with Gasteiger partial charge in [0.05, 0.1) is 3.57 Å². The highest BCUT2D eigenvalue weighted by atomic mass is 127. The lowest BCUT2D eigenvalue weighted by Crippen LogP contribution is -2.12. The van der Waals surface area contributed by atoms with Crippen LogP contribution in [0.15, 0.2) is 24.8 Å². The fraction of sp³-hybridized carbons (Fsp3) is 0.200. The zero-order valence-corrected chi connectivity index (χ0v) is 9.59. The molecule has 1 unspecified atom stereocenters. The van der Waals surface area contributed by atoms with Crippen LogP contribution in [0, 0.1) is 15.2 Å². The third kappa shape index (κ3) is 2.51. The Labute approximate surface area is 95.1 Å². The normalized spacial score (nSPS) is 12.6. The summed E-state index contributed by atoms with van der Waals surface area (Å²) < 4.78 is 26.4. The molecule has 0 radical (unpaired) electrons. The van der Waals surface area contributed by atoms with Gasteiger partial charge in [-0.15, -0.1) is 6.58 Å². The number of nitrogens with two attached hydrogens (primary N) is 1. The number of halogens is 3. The molecule has 0 aliphatic heterocycles. The first-order chi connectivity index (χ1) is 6.56. The molecular formula is C10H10F2IN. The van der Waals surface area contributed by atoms with Gasteiger partial charge < -0.3 is 5.73 Å². The number of hydrogen-bond acceptors (Lipinski definition) is 1. The zero-order valence-electron chi connectivity index (χ0n) is 7.43. The highest BCUT2D eigenvalue weighted by Gasteiger charge is 2.13. The lowest BCUT2D eigenvalue weighted by molar-refractivity contribution is 0.567. The molecule has 0 saturated carbocycles. The highest BCUT2D eigenvalue weighted by Crippen LogP contribution is 2.24. The summed E-state index contributed by atoms with van der Waals surface area (Å²) >= 11 is 1.82. The fourth-order valence-corrected chi connectivity index (χ4v) is 1.86. The number of benzene rings is 1. The Bertz CT molecular complexity index is 352. The summed E-state index contributed by atoms with van der Waals surface area (Å²) in [7, 11) is 0.